The van der Waals surface area contributed by atoms with E-state index in [2.05, 4.69) is 269 Å². The van der Waals surface area contributed by atoms with E-state index in [9.17, 15) is 0 Å². The first-order chi connectivity index (χ1) is 36.1. The van der Waals surface area contributed by atoms with Gasteiger partial charge in [0, 0.05) is 56.2 Å². The lowest BCUT2D eigenvalue weighted by molar-refractivity contribution is 0.195. The molecule has 0 radical (unpaired) electrons. The molecule has 0 aromatic heterocycles. The van der Waals surface area contributed by atoms with Crippen molar-refractivity contribution in [3.8, 4) is 11.1 Å². The summed E-state index contributed by atoms with van der Waals surface area (Å²) in [6, 6.07) is 54.1. The molecule has 4 heterocycles. The van der Waals surface area contributed by atoms with Gasteiger partial charge in [0.2, 0.25) is 0 Å². The number of fused-ring (bicyclic) bond motifs is 13. The van der Waals surface area contributed by atoms with Gasteiger partial charge in [-0.15, -0.1) is 0 Å². The average molecular weight is 994 g/mol. The first-order valence-corrected chi connectivity index (χ1v) is 28.5. The number of benzene rings is 7. The van der Waals surface area contributed by atoms with Gasteiger partial charge in [0.1, 0.15) is 0 Å². The summed E-state index contributed by atoms with van der Waals surface area (Å²) in [4.78, 5) is 8.23. The first kappa shape index (κ1) is 48.8. The van der Waals surface area contributed by atoms with Crippen LogP contribution in [-0.2, 0) is 27.1 Å². The molecule has 2 atom stereocenters. The lowest BCUT2D eigenvalue weighted by Crippen LogP contribution is -2.61. The molecule has 76 heavy (non-hydrogen) atoms. The van der Waals surface area contributed by atoms with Crippen molar-refractivity contribution in [1.29, 1.82) is 0 Å². The van der Waals surface area contributed by atoms with E-state index in [1.807, 2.05) is 0 Å². The van der Waals surface area contributed by atoms with Gasteiger partial charge in [-0.25, -0.2) is 0 Å². The van der Waals surface area contributed by atoms with E-state index in [4.69, 9.17) is 0 Å². The van der Waals surface area contributed by atoms with E-state index >= 15 is 0 Å². The van der Waals surface area contributed by atoms with Crippen molar-refractivity contribution in [2.45, 2.75) is 155 Å². The summed E-state index contributed by atoms with van der Waals surface area (Å²) in [6.07, 6.45) is 17.0. The van der Waals surface area contributed by atoms with Crippen molar-refractivity contribution in [1.82, 2.24) is 0 Å². The molecule has 13 rings (SSSR count). The van der Waals surface area contributed by atoms with Crippen LogP contribution < -0.4 is 31.1 Å². The van der Waals surface area contributed by atoms with Crippen LogP contribution in [0.5, 0.6) is 0 Å². The fourth-order valence-electron chi connectivity index (χ4n) is 14.4. The van der Waals surface area contributed by atoms with Crippen molar-refractivity contribution in [3.05, 3.63) is 203 Å². The van der Waals surface area contributed by atoms with Gasteiger partial charge >= 0.3 is 0 Å². The predicted octanol–water partition coefficient (Wildman–Crippen LogP) is 17.6. The van der Waals surface area contributed by atoms with Crippen LogP contribution in [0.3, 0.4) is 0 Å². The molecule has 4 aliphatic heterocycles. The molecule has 6 aliphatic rings. The standard InChI is InChI=1S/C72H76BN3/c1-67(2,3)49-25-21-27-54(40-49)74-62-42-51(69(7,8)9)29-32-58(62)73-59-33-30-53-43-63(59)75(60-35-31-50(68(4,5)6)41-56(60)48-24-20-26-52(38-48)70(53,10)11)65-45-55(44-64(74)66(65)73)76-61-34-28-47(46-22-16-14-15-17-23-46)39-57(61)71(12)36-18-19-37-72(71,76)13/h14-16,20-35,38-45H,17-19,36-37H2,1-13H3. The number of hydrogen-bond donors (Lipinski definition) is 0. The van der Waals surface area contributed by atoms with Crippen LogP contribution in [0.15, 0.2) is 164 Å². The maximum Gasteiger partial charge on any atom is 0.252 e. The number of hydrogen-bond acceptors (Lipinski definition) is 3. The van der Waals surface area contributed by atoms with Gasteiger partial charge in [0.15, 0.2) is 0 Å². The maximum absolute atomic E-state index is 2.84. The Bertz CT molecular complexity index is 3670. The Balaban J connectivity index is 1.17. The minimum absolute atomic E-state index is 0.00838. The molecule has 2 aliphatic carbocycles. The number of anilines is 8. The number of nitrogens with zero attached hydrogens (tertiary/aromatic N) is 3. The van der Waals surface area contributed by atoms with Crippen molar-refractivity contribution in [3.63, 3.8) is 0 Å². The summed E-state index contributed by atoms with van der Waals surface area (Å²) in [5.74, 6) is 0. The Kier molecular flexibility index (Phi) is 10.7. The molecule has 7 aromatic carbocycles. The topological polar surface area (TPSA) is 9.72 Å². The summed E-state index contributed by atoms with van der Waals surface area (Å²) in [6.45, 7) is 31.2. The molecule has 382 valence electrons. The van der Waals surface area contributed by atoms with Crippen molar-refractivity contribution >= 4 is 74.2 Å². The van der Waals surface area contributed by atoms with Crippen LogP contribution in [0.1, 0.15) is 161 Å². The molecule has 3 nitrogen and oxygen atoms in total. The highest BCUT2D eigenvalue weighted by Crippen LogP contribution is 2.62. The zero-order chi connectivity index (χ0) is 53.1. The second-order valence-corrected chi connectivity index (χ2v) is 27.3. The molecule has 4 bridgehead atoms. The van der Waals surface area contributed by atoms with Crippen molar-refractivity contribution in [2.75, 3.05) is 14.7 Å². The Labute approximate surface area is 455 Å². The molecule has 4 heteroatoms. The Morgan fingerprint density at radius 3 is 1.89 bits per heavy atom. The maximum atomic E-state index is 2.84. The van der Waals surface area contributed by atoms with Crippen LogP contribution >= 0.6 is 0 Å². The second-order valence-electron chi connectivity index (χ2n) is 27.3. The van der Waals surface area contributed by atoms with Gasteiger partial charge in [0.05, 0.1) is 11.2 Å². The molecular weight excluding hydrogens is 918 g/mol. The smallest absolute Gasteiger partial charge is 0.252 e. The molecule has 0 saturated heterocycles. The van der Waals surface area contributed by atoms with E-state index in [0.29, 0.717) is 0 Å². The molecule has 1 fully saturated rings. The van der Waals surface area contributed by atoms with E-state index in [-0.39, 0.29) is 39.3 Å². The Morgan fingerprint density at radius 2 is 1.13 bits per heavy atom. The third kappa shape index (κ3) is 7.21. The van der Waals surface area contributed by atoms with Gasteiger partial charge in [-0.2, -0.15) is 0 Å². The minimum atomic E-state index is -0.249. The van der Waals surface area contributed by atoms with Crippen LogP contribution in [0, 0.1) is 0 Å². The monoisotopic (exact) mass is 994 g/mol. The van der Waals surface area contributed by atoms with Gasteiger partial charge in [-0.1, -0.05) is 199 Å². The van der Waals surface area contributed by atoms with Crippen molar-refractivity contribution < 1.29 is 0 Å². The van der Waals surface area contributed by atoms with E-state index < -0.39 is 0 Å². The van der Waals surface area contributed by atoms with E-state index in [1.165, 1.54) is 130 Å². The summed E-state index contributed by atoms with van der Waals surface area (Å²) in [5.41, 5.74) is 26.8. The van der Waals surface area contributed by atoms with Crippen LogP contribution in [-0.4, -0.2) is 12.3 Å². The highest BCUT2D eigenvalue weighted by atomic mass is 15.3. The Morgan fingerprint density at radius 1 is 0.487 bits per heavy atom. The SMILES string of the molecule is CC(C)(C)c1cccc(N2c3cc(C(C)(C)C)ccc3B3c4ccc5cc4N(c4ccc(C(C)(C)C)cc4-c4cccc(c4)C5(C)C)c4cc(N5c6ccc(C7=CCC=CC=C7)cc6C6(C)CCCCC56C)cc2c43)c1. The lowest BCUT2D eigenvalue weighted by atomic mass is 9.33. The first-order valence-electron chi connectivity index (χ1n) is 28.5. The summed E-state index contributed by atoms with van der Waals surface area (Å²) in [7, 11) is 0. The number of allylic oxidation sites excluding steroid dienone is 6. The molecule has 2 unspecified atom stereocenters. The molecular formula is C72H76BN3. The number of rotatable bonds is 3. The molecule has 0 amide bonds. The van der Waals surface area contributed by atoms with Crippen LogP contribution in [0.4, 0.5) is 45.5 Å². The average Bonchev–Trinajstić information content (AvgIpc) is 3.79. The minimum Gasteiger partial charge on any atom is -0.334 e. The summed E-state index contributed by atoms with van der Waals surface area (Å²) < 4.78 is 0. The summed E-state index contributed by atoms with van der Waals surface area (Å²) >= 11 is 0. The third-order valence-electron chi connectivity index (χ3n) is 19.3. The van der Waals surface area contributed by atoms with Crippen molar-refractivity contribution in [2.24, 2.45) is 0 Å². The molecule has 0 spiro atoms. The second kappa shape index (κ2) is 16.6. The fraction of sp³-hybridized carbons (Fsp3) is 0.333. The summed E-state index contributed by atoms with van der Waals surface area (Å²) in [5, 5.41) is 0. The van der Waals surface area contributed by atoms with Gasteiger partial charge in [-0.05, 0) is 170 Å². The largest absolute Gasteiger partial charge is 0.334 e. The van der Waals surface area contributed by atoms with Gasteiger partial charge in [0.25, 0.3) is 6.71 Å². The zero-order valence-corrected chi connectivity index (χ0v) is 47.5. The molecule has 7 aromatic rings. The van der Waals surface area contributed by atoms with Crippen LogP contribution in [0.2, 0.25) is 0 Å². The van der Waals surface area contributed by atoms with Gasteiger partial charge < -0.3 is 14.7 Å². The zero-order valence-electron chi connectivity index (χ0n) is 47.5. The van der Waals surface area contributed by atoms with Crippen LogP contribution in [0.25, 0.3) is 16.7 Å². The quantitative estimate of drug-likeness (QED) is 0.163. The normalized spacial score (nSPS) is 20.8. The van der Waals surface area contributed by atoms with E-state index in [0.717, 1.165) is 19.3 Å². The predicted molar refractivity (Wildman–Crippen MR) is 328 cm³/mol. The Hall–Kier alpha value is -6.78. The highest BCUT2D eigenvalue weighted by Gasteiger charge is 2.58. The third-order valence-corrected chi connectivity index (χ3v) is 19.3. The fourth-order valence-corrected chi connectivity index (χ4v) is 14.4. The van der Waals surface area contributed by atoms with Gasteiger partial charge in [-0.3, -0.25) is 0 Å². The highest BCUT2D eigenvalue weighted by molar-refractivity contribution is 7.00. The lowest BCUT2D eigenvalue weighted by Gasteiger charge is -2.51. The van der Waals surface area contributed by atoms with E-state index in [1.54, 1.807) is 0 Å². The molecule has 1 saturated carbocycles. The molecule has 0 N–H and O–H groups in total.